The molecule has 110 valence electrons. The van der Waals surface area contributed by atoms with E-state index in [4.69, 9.17) is 10.8 Å². The number of halogens is 1. The minimum atomic E-state index is -0.460. The fourth-order valence-electron chi connectivity index (χ4n) is 2.34. The van der Waals surface area contributed by atoms with Crippen LogP contribution in [0.3, 0.4) is 0 Å². The van der Waals surface area contributed by atoms with Crippen LogP contribution in [-0.4, -0.2) is 12.4 Å². The maximum atomic E-state index is 13.8. The molecule has 0 unspecified atom stereocenters. The molecule has 0 fully saturated rings. The molecular weight excluding hydrogens is 275 g/mol. The molecule has 2 aliphatic carbocycles. The Labute approximate surface area is 129 Å². The lowest BCUT2D eigenvalue weighted by Gasteiger charge is -2.14. The summed E-state index contributed by atoms with van der Waals surface area (Å²) in [4.78, 5) is 0. The van der Waals surface area contributed by atoms with Crippen LogP contribution >= 0.6 is 0 Å². The first-order chi connectivity index (χ1) is 10.7. The van der Waals surface area contributed by atoms with Gasteiger partial charge in [-0.3, -0.25) is 0 Å². The molecule has 0 bridgehead atoms. The summed E-state index contributed by atoms with van der Waals surface area (Å²) in [5.74, 6) is -0.460. The van der Waals surface area contributed by atoms with Crippen LogP contribution in [0.1, 0.15) is 19.8 Å². The normalized spacial score (nSPS) is 16.9. The highest BCUT2D eigenvalue weighted by Crippen LogP contribution is 2.30. The Morgan fingerprint density at radius 1 is 1.36 bits per heavy atom. The van der Waals surface area contributed by atoms with E-state index in [1.165, 1.54) is 18.4 Å². The van der Waals surface area contributed by atoms with E-state index in [1.54, 1.807) is 12.2 Å². The average Bonchev–Trinajstić information content (AvgIpc) is 2.74. The molecule has 0 saturated carbocycles. The summed E-state index contributed by atoms with van der Waals surface area (Å²) in [5, 5.41) is 14.9. The van der Waals surface area contributed by atoms with Crippen LogP contribution in [0, 0.1) is 10.8 Å². The highest BCUT2D eigenvalue weighted by atomic mass is 19.1. The van der Waals surface area contributed by atoms with Crippen molar-refractivity contribution in [1.82, 2.24) is 0 Å². The molecule has 0 aromatic rings. The van der Waals surface area contributed by atoms with E-state index in [0.717, 1.165) is 35.8 Å². The van der Waals surface area contributed by atoms with E-state index >= 15 is 0 Å². The predicted molar refractivity (Wildman–Crippen MR) is 89.1 cm³/mol. The monoisotopic (exact) mass is 292 g/mol. The highest BCUT2D eigenvalue weighted by Gasteiger charge is 2.15. The van der Waals surface area contributed by atoms with Crippen molar-refractivity contribution in [3.63, 3.8) is 0 Å². The zero-order chi connectivity index (χ0) is 15.9. The number of nitrogens with one attached hydrogen (secondary N) is 2. The summed E-state index contributed by atoms with van der Waals surface area (Å²) in [5.41, 5.74) is 9.64. The fourth-order valence-corrected chi connectivity index (χ4v) is 2.34. The van der Waals surface area contributed by atoms with E-state index in [1.807, 2.05) is 13.0 Å². The van der Waals surface area contributed by atoms with Gasteiger partial charge in [-0.05, 0) is 55.2 Å². The molecule has 0 saturated heterocycles. The average molecular weight is 292 g/mol. The lowest BCUT2D eigenvalue weighted by molar-refractivity contribution is 0.661. The maximum absolute atomic E-state index is 13.8. The molecule has 0 aliphatic heterocycles. The molecule has 0 atom stereocenters. The Bertz CT molecular complexity index is 757. The van der Waals surface area contributed by atoms with Crippen LogP contribution in [0.25, 0.3) is 0 Å². The van der Waals surface area contributed by atoms with Crippen molar-refractivity contribution in [3.05, 3.63) is 81.6 Å². The second-order valence-electron chi connectivity index (χ2n) is 4.82. The highest BCUT2D eigenvalue weighted by molar-refractivity contribution is 5.85. The van der Waals surface area contributed by atoms with Crippen molar-refractivity contribution in [2.45, 2.75) is 19.8 Å². The van der Waals surface area contributed by atoms with Crippen molar-refractivity contribution in [3.8, 4) is 0 Å². The van der Waals surface area contributed by atoms with Crippen LogP contribution in [0.2, 0.25) is 0 Å². The number of hydrogen-bond donors (Lipinski definition) is 2. The largest absolute Gasteiger partial charge is 0.308 e. The first-order valence-electron chi connectivity index (χ1n) is 7.08. The molecule has 0 aromatic heterocycles. The molecule has 2 N–H and O–H groups in total. The molecule has 0 amide bonds. The standard InChI is InChI=1S/C19H17FN2/c1-2-6-17(18-9-4-3-7-15(18)12-21)14-8-5-10-19(20)16(11-14)13-22/h2,4-5,9-13,21-22H,3,7H2,1H3. The Kier molecular flexibility index (Phi) is 5.21. The second kappa shape index (κ2) is 7.33. The summed E-state index contributed by atoms with van der Waals surface area (Å²) in [7, 11) is 0. The molecule has 22 heavy (non-hydrogen) atoms. The van der Waals surface area contributed by atoms with Gasteiger partial charge in [0, 0.05) is 29.1 Å². The second-order valence-corrected chi connectivity index (χ2v) is 4.82. The third-order valence-corrected chi connectivity index (χ3v) is 3.41. The fraction of sp³-hybridized carbons (Fsp3) is 0.158. The molecule has 2 rings (SSSR count). The summed E-state index contributed by atoms with van der Waals surface area (Å²) in [6, 6.07) is 0. The van der Waals surface area contributed by atoms with Gasteiger partial charge in [-0.15, -0.1) is 11.5 Å². The van der Waals surface area contributed by atoms with Crippen molar-refractivity contribution in [2.24, 2.45) is 0 Å². The molecular formula is C19H17FN2. The van der Waals surface area contributed by atoms with Crippen molar-refractivity contribution in [1.29, 1.82) is 10.8 Å². The van der Waals surface area contributed by atoms with Crippen LogP contribution in [0.15, 0.2) is 81.6 Å². The van der Waals surface area contributed by atoms with Crippen LogP contribution in [-0.2, 0) is 0 Å². The Balaban J connectivity index is 2.63. The summed E-state index contributed by atoms with van der Waals surface area (Å²) >= 11 is 0. The molecule has 3 heteroatoms. The lowest BCUT2D eigenvalue weighted by atomic mass is 9.89. The Morgan fingerprint density at radius 3 is 2.86 bits per heavy atom. The van der Waals surface area contributed by atoms with Gasteiger partial charge in [0.05, 0.1) is 0 Å². The van der Waals surface area contributed by atoms with Gasteiger partial charge >= 0.3 is 0 Å². The summed E-state index contributed by atoms with van der Waals surface area (Å²) < 4.78 is 13.8. The third-order valence-electron chi connectivity index (χ3n) is 3.41. The van der Waals surface area contributed by atoms with Gasteiger partial charge in [0.15, 0.2) is 0 Å². The van der Waals surface area contributed by atoms with Crippen LogP contribution in [0.4, 0.5) is 4.39 Å². The van der Waals surface area contributed by atoms with Crippen LogP contribution in [0.5, 0.6) is 0 Å². The van der Waals surface area contributed by atoms with Gasteiger partial charge in [0.25, 0.3) is 0 Å². The van der Waals surface area contributed by atoms with E-state index in [2.05, 4.69) is 17.5 Å². The number of hydrogen-bond acceptors (Lipinski definition) is 2. The SMILES string of the molecule is CC=C=C(C1=C=CC=C(F)C(C=N)=C1)C1=C(C=N)CCC=C1. The van der Waals surface area contributed by atoms with E-state index < -0.39 is 5.83 Å². The first-order valence-corrected chi connectivity index (χ1v) is 7.08. The maximum Gasteiger partial charge on any atom is 0.132 e. The van der Waals surface area contributed by atoms with Crippen molar-refractivity contribution < 1.29 is 4.39 Å². The quantitative estimate of drug-likeness (QED) is 0.546. The van der Waals surface area contributed by atoms with Gasteiger partial charge in [-0.25, -0.2) is 4.39 Å². The van der Waals surface area contributed by atoms with Gasteiger partial charge in [-0.2, -0.15) is 0 Å². The van der Waals surface area contributed by atoms with Gasteiger partial charge < -0.3 is 10.8 Å². The Morgan fingerprint density at radius 2 is 2.18 bits per heavy atom. The minimum absolute atomic E-state index is 0.198. The molecule has 0 heterocycles. The van der Waals surface area contributed by atoms with Crippen molar-refractivity contribution >= 4 is 12.4 Å². The smallest absolute Gasteiger partial charge is 0.132 e. The molecule has 0 radical (unpaired) electrons. The van der Waals surface area contributed by atoms with Crippen LogP contribution < -0.4 is 0 Å². The zero-order valence-electron chi connectivity index (χ0n) is 12.4. The van der Waals surface area contributed by atoms with E-state index in [0.29, 0.717) is 5.57 Å². The van der Waals surface area contributed by atoms with Gasteiger partial charge in [0.1, 0.15) is 5.83 Å². The summed E-state index contributed by atoms with van der Waals surface area (Å²) in [6.07, 6.45) is 14.3. The zero-order valence-corrected chi connectivity index (χ0v) is 12.4. The van der Waals surface area contributed by atoms with E-state index in [-0.39, 0.29) is 5.57 Å². The molecule has 2 aliphatic rings. The molecule has 2 nitrogen and oxygen atoms in total. The van der Waals surface area contributed by atoms with Gasteiger partial charge in [0.2, 0.25) is 0 Å². The number of rotatable bonds is 4. The Hall–Kier alpha value is -2.73. The summed E-state index contributed by atoms with van der Waals surface area (Å²) in [6.45, 7) is 1.86. The lowest BCUT2D eigenvalue weighted by Crippen LogP contribution is -2.00. The molecule has 0 spiro atoms. The predicted octanol–water partition coefficient (Wildman–Crippen LogP) is 4.91. The first kappa shape index (κ1) is 15.7. The van der Waals surface area contributed by atoms with E-state index in [9.17, 15) is 4.39 Å². The van der Waals surface area contributed by atoms with Gasteiger partial charge in [-0.1, -0.05) is 12.2 Å². The third kappa shape index (κ3) is 3.29. The topological polar surface area (TPSA) is 47.7 Å². The van der Waals surface area contributed by atoms with Crippen molar-refractivity contribution in [2.75, 3.05) is 0 Å². The minimum Gasteiger partial charge on any atom is -0.308 e. The number of allylic oxidation sites excluding steroid dienone is 10. The molecule has 0 aromatic carbocycles.